The summed E-state index contributed by atoms with van der Waals surface area (Å²) < 4.78 is 5.19. The molecule has 1 fully saturated rings. The SMILES string of the molecule is COc1cc(C(=O)O)ccc1NC(=O)C1CCCN(C(=O)C(C)(C)C)C1. The number of amides is 2. The lowest BCUT2D eigenvalue weighted by molar-refractivity contribution is -0.142. The van der Waals surface area contributed by atoms with Gasteiger partial charge in [0.15, 0.2) is 0 Å². The molecular formula is C19H26N2O5. The molecule has 0 bridgehead atoms. The minimum Gasteiger partial charge on any atom is -0.495 e. The number of nitrogens with one attached hydrogen (secondary N) is 1. The Bertz CT molecular complexity index is 708. The van der Waals surface area contributed by atoms with E-state index in [1.807, 2.05) is 20.8 Å². The van der Waals surface area contributed by atoms with Gasteiger partial charge in [0.1, 0.15) is 5.75 Å². The first kappa shape index (κ1) is 19.8. The smallest absolute Gasteiger partial charge is 0.335 e. The molecule has 1 unspecified atom stereocenters. The van der Waals surface area contributed by atoms with Crippen LogP contribution in [0.15, 0.2) is 18.2 Å². The zero-order chi connectivity index (χ0) is 19.5. The second-order valence-electron chi connectivity index (χ2n) is 7.55. The lowest BCUT2D eigenvalue weighted by Gasteiger charge is -2.35. The Balaban J connectivity index is 2.10. The van der Waals surface area contributed by atoms with Crippen LogP contribution in [0.4, 0.5) is 5.69 Å². The van der Waals surface area contributed by atoms with Crippen LogP contribution in [0.25, 0.3) is 0 Å². The highest BCUT2D eigenvalue weighted by Crippen LogP contribution is 2.28. The van der Waals surface area contributed by atoms with Gasteiger partial charge in [0.25, 0.3) is 0 Å². The summed E-state index contributed by atoms with van der Waals surface area (Å²) in [7, 11) is 1.42. The molecule has 0 spiro atoms. The molecule has 0 aromatic heterocycles. The lowest BCUT2D eigenvalue weighted by Crippen LogP contribution is -2.47. The third-order valence-corrected chi connectivity index (χ3v) is 4.43. The van der Waals surface area contributed by atoms with Crippen LogP contribution in [0.1, 0.15) is 44.0 Å². The molecular weight excluding hydrogens is 336 g/mol. The average Bonchev–Trinajstić information content (AvgIpc) is 2.60. The van der Waals surface area contributed by atoms with Crippen molar-refractivity contribution in [3.05, 3.63) is 23.8 Å². The van der Waals surface area contributed by atoms with Gasteiger partial charge >= 0.3 is 5.97 Å². The molecule has 1 saturated heterocycles. The van der Waals surface area contributed by atoms with E-state index in [1.54, 1.807) is 4.90 Å². The highest BCUT2D eigenvalue weighted by atomic mass is 16.5. The van der Waals surface area contributed by atoms with Crippen molar-refractivity contribution in [2.45, 2.75) is 33.6 Å². The summed E-state index contributed by atoms with van der Waals surface area (Å²) in [6.07, 6.45) is 1.48. The van der Waals surface area contributed by atoms with E-state index >= 15 is 0 Å². The predicted molar refractivity (Wildman–Crippen MR) is 97.3 cm³/mol. The fourth-order valence-electron chi connectivity index (χ4n) is 3.01. The van der Waals surface area contributed by atoms with E-state index in [4.69, 9.17) is 9.84 Å². The van der Waals surface area contributed by atoms with Crippen molar-refractivity contribution < 1.29 is 24.2 Å². The molecule has 0 saturated carbocycles. The first-order valence-corrected chi connectivity index (χ1v) is 8.65. The molecule has 7 nitrogen and oxygen atoms in total. The number of carbonyl (C=O) groups is 3. The molecule has 2 rings (SSSR count). The lowest BCUT2D eigenvalue weighted by atomic mass is 9.91. The average molecular weight is 362 g/mol. The summed E-state index contributed by atoms with van der Waals surface area (Å²) in [6, 6.07) is 4.30. The minimum atomic E-state index is -1.07. The molecule has 1 aromatic carbocycles. The number of anilines is 1. The molecule has 2 N–H and O–H groups in total. The van der Waals surface area contributed by atoms with Gasteiger partial charge < -0.3 is 20.1 Å². The van der Waals surface area contributed by atoms with Crippen molar-refractivity contribution in [1.29, 1.82) is 0 Å². The van der Waals surface area contributed by atoms with Crippen LogP contribution < -0.4 is 10.1 Å². The number of hydrogen-bond donors (Lipinski definition) is 2. The van der Waals surface area contributed by atoms with Gasteiger partial charge in [0.05, 0.1) is 24.3 Å². The van der Waals surface area contributed by atoms with E-state index in [9.17, 15) is 14.4 Å². The Labute approximate surface area is 153 Å². The number of rotatable bonds is 4. The van der Waals surface area contributed by atoms with Gasteiger partial charge in [-0.2, -0.15) is 0 Å². The van der Waals surface area contributed by atoms with Crippen molar-refractivity contribution in [2.75, 3.05) is 25.5 Å². The van der Waals surface area contributed by atoms with Gasteiger partial charge in [-0.25, -0.2) is 4.79 Å². The second-order valence-corrected chi connectivity index (χ2v) is 7.55. The number of hydrogen-bond acceptors (Lipinski definition) is 4. The summed E-state index contributed by atoms with van der Waals surface area (Å²) >= 11 is 0. The van der Waals surface area contributed by atoms with Crippen LogP contribution in [0.5, 0.6) is 5.75 Å². The van der Waals surface area contributed by atoms with Crippen LogP contribution in [-0.4, -0.2) is 48.0 Å². The summed E-state index contributed by atoms with van der Waals surface area (Å²) in [6.45, 7) is 6.66. The van der Waals surface area contributed by atoms with Crippen molar-refractivity contribution in [3.63, 3.8) is 0 Å². The van der Waals surface area contributed by atoms with Gasteiger partial charge in [-0.15, -0.1) is 0 Å². The number of carboxylic acids is 1. The molecule has 142 valence electrons. The van der Waals surface area contributed by atoms with E-state index in [0.717, 1.165) is 6.42 Å². The Morgan fingerprint density at radius 1 is 1.27 bits per heavy atom. The number of methoxy groups -OCH3 is 1. The van der Waals surface area contributed by atoms with E-state index in [0.29, 0.717) is 25.2 Å². The molecule has 0 aliphatic carbocycles. The third kappa shape index (κ3) is 4.53. The molecule has 1 heterocycles. The molecule has 26 heavy (non-hydrogen) atoms. The van der Waals surface area contributed by atoms with Gasteiger partial charge in [-0.05, 0) is 31.0 Å². The highest BCUT2D eigenvalue weighted by Gasteiger charge is 2.33. The van der Waals surface area contributed by atoms with Crippen molar-refractivity contribution in [2.24, 2.45) is 11.3 Å². The Hall–Kier alpha value is -2.57. The Kier molecular flexibility index (Phi) is 5.90. The third-order valence-electron chi connectivity index (χ3n) is 4.43. The monoisotopic (exact) mass is 362 g/mol. The first-order chi connectivity index (χ1) is 12.1. The largest absolute Gasteiger partial charge is 0.495 e. The van der Waals surface area contributed by atoms with Crippen LogP contribution >= 0.6 is 0 Å². The van der Waals surface area contributed by atoms with E-state index in [-0.39, 0.29) is 29.0 Å². The second kappa shape index (κ2) is 7.76. The van der Waals surface area contributed by atoms with Crippen molar-refractivity contribution in [1.82, 2.24) is 4.90 Å². The van der Waals surface area contributed by atoms with E-state index in [1.165, 1.54) is 25.3 Å². The topological polar surface area (TPSA) is 95.9 Å². The quantitative estimate of drug-likeness (QED) is 0.858. The zero-order valence-electron chi connectivity index (χ0n) is 15.7. The van der Waals surface area contributed by atoms with Gasteiger partial charge in [0, 0.05) is 18.5 Å². The number of carboxylic acid groups (broad SMARTS) is 1. The normalized spacial score (nSPS) is 17.5. The molecule has 1 aromatic rings. The zero-order valence-corrected chi connectivity index (χ0v) is 15.7. The maximum absolute atomic E-state index is 12.7. The Morgan fingerprint density at radius 3 is 2.54 bits per heavy atom. The fourth-order valence-corrected chi connectivity index (χ4v) is 3.01. The summed E-state index contributed by atoms with van der Waals surface area (Å²) in [5, 5.41) is 11.8. The van der Waals surface area contributed by atoms with Gasteiger partial charge in [-0.3, -0.25) is 9.59 Å². The maximum atomic E-state index is 12.7. The highest BCUT2D eigenvalue weighted by molar-refractivity contribution is 5.96. The van der Waals surface area contributed by atoms with Gasteiger partial charge in [-0.1, -0.05) is 20.8 Å². The summed E-state index contributed by atoms with van der Waals surface area (Å²) in [5.74, 6) is -1.24. The molecule has 1 aliphatic rings. The van der Waals surface area contributed by atoms with Crippen LogP contribution in [0, 0.1) is 11.3 Å². The molecule has 0 radical (unpaired) electrons. The predicted octanol–water partition coefficient (Wildman–Crippen LogP) is 2.62. The van der Waals surface area contributed by atoms with Crippen molar-refractivity contribution >= 4 is 23.5 Å². The molecule has 1 aliphatic heterocycles. The molecule has 7 heteroatoms. The standard InChI is InChI=1S/C19H26N2O5/c1-19(2,3)18(25)21-9-5-6-13(11-21)16(22)20-14-8-7-12(17(23)24)10-15(14)26-4/h7-8,10,13H,5-6,9,11H2,1-4H3,(H,20,22)(H,23,24). The fraction of sp³-hybridized carbons (Fsp3) is 0.526. The number of aromatic carboxylic acids is 1. The maximum Gasteiger partial charge on any atom is 0.335 e. The molecule has 1 atom stereocenters. The number of nitrogens with zero attached hydrogens (tertiary/aromatic N) is 1. The first-order valence-electron chi connectivity index (χ1n) is 8.65. The van der Waals surface area contributed by atoms with Crippen molar-refractivity contribution in [3.8, 4) is 5.75 Å². The number of piperidine rings is 1. The number of carbonyl (C=O) groups excluding carboxylic acids is 2. The minimum absolute atomic E-state index is 0.0402. The summed E-state index contributed by atoms with van der Waals surface area (Å²) in [4.78, 5) is 37.9. The van der Waals surface area contributed by atoms with E-state index < -0.39 is 11.4 Å². The van der Waals surface area contributed by atoms with Crippen LogP contribution in [0.3, 0.4) is 0 Å². The summed E-state index contributed by atoms with van der Waals surface area (Å²) in [5.41, 5.74) is 0.0232. The molecule has 2 amide bonds. The van der Waals surface area contributed by atoms with E-state index in [2.05, 4.69) is 5.32 Å². The Morgan fingerprint density at radius 2 is 1.96 bits per heavy atom. The van der Waals surface area contributed by atoms with Gasteiger partial charge in [0.2, 0.25) is 11.8 Å². The van der Waals surface area contributed by atoms with Crippen LogP contribution in [-0.2, 0) is 9.59 Å². The number of benzene rings is 1. The number of likely N-dealkylation sites (tertiary alicyclic amines) is 1. The number of ether oxygens (including phenoxy) is 1. The van der Waals surface area contributed by atoms with Crippen LogP contribution in [0.2, 0.25) is 0 Å².